The lowest BCUT2D eigenvalue weighted by atomic mass is 9.89. The summed E-state index contributed by atoms with van der Waals surface area (Å²) < 4.78 is 32.7. The van der Waals surface area contributed by atoms with E-state index in [1.54, 1.807) is 6.08 Å². The largest absolute Gasteiger partial charge is 0.472 e. The normalized spacial score (nSPS) is 21.0. The van der Waals surface area contributed by atoms with E-state index < -0.39 is 76.7 Å². The van der Waals surface area contributed by atoms with E-state index in [-0.39, 0.29) is 31.1 Å². The second-order valence-electron chi connectivity index (χ2n) is 16.0. The Morgan fingerprint density at radius 3 is 1.97 bits per heavy atom. The molecule has 1 rings (SSSR count). The Balaban J connectivity index is 2.45. The van der Waals surface area contributed by atoms with Crippen LogP contribution in [0.15, 0.2) is 48.6 Å². The van der Waals surface area contributed by atoms with Crippen molar-refractivity contribution in [3.63, 3.8) is 0 Å². The Morgan fingerprint density at radius 1 is 0.700 bits per heavy atom. The molecule has 0 aliphatic heterocycles. The molecule has 0 radical (unpaired) electrons. The predicted molar refractivity (Wildman–Crippen MR) is 235 cm³/mol. The van der Waals surface area contributed by atoms with E-state index in [0.717, 1.165) is 70.6 Å². The Hall–Kier alpha value is -2.19. The molecule has 0 bridgehead atoms. The van der Waals surface area contributed by atoms with Crippen LogP contribution in [0.5, 0.6) is 0 Å². The number of allylic oxidation sites excluding steroid dienone is 6. The Labute approximate surface area is 360 Å². The molecule has 1 fully saturated rings. The highest BCUT2D eigenvalue weighted by atomic mass is 31.2. The molecule has 348 valence electrons. The number of esters is 2. The van der Waals surface area contributed by atoms with Crippen molar-refractivity contribution in [1.29, 1.82) is 0 Å². The van der Waals surface area contributed by atoms with Gasteiger partial charge in [-0.3, -0.25) is 18.6 Å². The van der Waals surface area contributed by atoms with Crippen LogP contribution in [0.25, 0.3) is 0 Å². The molecule has 0 saturated heterocycles. The third-order valence-corrected chi connectivity index (χ3v) is 11.5. The second-order valence-corrected chi connectivity index (χ2v) is 17.5. The first kappa shape index (κ1) is 55.8. The summed E-state index contributed by atoms with van der Waals surface area (Å²) in [6, 6.07) is 0. The lowest BCUT2D eigenvalue weighted by Crippen LogP contribution is -2.29. The molecule has 1 aliphatic rings. The van der Waals surface area contributed by atoms with E-state index in [4.69, 9.17) is 19.1 Å². The highest BCUT2D eigenvalue weighted by molar-refractivity contribution is 7.47. The summed E-state index contributed by atoms with van der Waals surface area (Å²) in [5.41, 5.74) is 0. The minimum Gasteiger partial charge on any atom is -0.462 e. The van der Waals surface area contributed by atoms with Gasteiger partial charge >= 0.3 is 19.8 Å². The SMILES string of the molecule is CCCCC/C=C\C/C=C\CCCCCCCCCC(=O)O[C@H](COC(=O)CCC/C=C/C[C@@H]1[C@@H](/C=C/[C@@H](O)CCCCC)[C@H](O)C[C@@H]1O)COP(=O)(O)OC[C@@H](O)CO. The number of phosphoric ester groups is 1. The van der Waals surface area contributed by atoms with Gasteiger partial charge in [-0.1, -0.05) is 127 Å². The van der Waals surface area contributed by atoms with Gasteiger partial charge in [-0.25, -0.2) is 4.57 Å². The van der Waals surface area contributed by atoms with Crippen molar-refractivity contribution < 1.29 is 63.1 Å². The van der Waals surface area contributed by atoms with E-state index in [1.165, 1.54) is 25.7 Å². The van der Waals surface area contributed by atoms with E-state index in [9.17, 15) is 39.5 Å². The number of phosphoric acid groups is 1. The Kier molecular flexibility index (Phi) is 33.8. The molecule has 0 heterocycles. The fourth-order valence-corrected chi connectivity index (χ4v) is 7.69. The molecule has 6 N–H and O–H groups in total. The van der Waals surface area contributed by atoms with Crippen molar-refractivity contribution in [2.45, 2.75) is 192 Å². The third-order valence-electron chi connectivity index (χ3n) is 10.5. The number of hydrogen-bond donors (Lipinski definition) is 6. The Morgan fingerprint density at radius 2 is 1.28 bits per heavy atom. The summed E-state index contributed by atoms with van der Waals surface area (Å²) in [5.74, 6) is -1.57. The average molecular weight is 873 g/mol. The monoisotopic (exact) mass is 873 g/mol. The highest BCUT2D eigenvalue weighted by Gasteiger charge is 2.39. The molecule has 1 aliphatic carbocycles. The molecule has 1 unspecified atom stereocenters. The summed E-state index contributed by atoms with van der Waals surface area (Å²) in [5, 5.41) is 49.7. The van der Waals surface area contributed by atoms with Crippen molar-refractivity contribution in [3.05, 3.63) is 48.6 Å². The summed E-state index contributed by atoms with van der Waals surface area (Å²) in [6.45, 7) is 1.97. The zero-order chi connectivity index (χ0) is 44.3. The van der Waals surface area contributed by atoms with Crippen LogP contribution in [0.2, 0.25) is 0 Å². The van der Waals surface area contributed by atoms with Crippen LogP contribution in [0.1, 0.15) is 162 Å². The minimum absolute atomic E-state index is 0.0616. The van der Waals surface area contributed by atoms with Gasteiger partial charge in [0.1, 0.15) is 12.7 Å². The molecular weight excluding hydrogens is 791 g/mol. The van der Waals surface area contributed by atoms with Gasteiger partial charge in [0.25, 0.3) is 0 Å². The van der Waals surface area contributed by atoms with Crippen LogP contribution in [0.4, 0.5) is 0 Å². The number of aliphatic hydroxyl groups excluding tert-OH is 5. The lowest BCUT2D eigenvalue weighted by molar-refractivity contribution is -0.161. The minimum atomic E-state index is -4.68. The van der Waals surface area contributed by atoms with Crippen molar-refractivity contribution >= 4 is 19.8 Å². The zero-order valence-electron chi connectivity index (χ0n) is 36.7. The first-order chi connectivity index (χ1) is 28.9. The molecule has 0 aromatic heterocycles. The molecule has 13 nitrogen and oxygen atoms in total. The summed E-state index contributed by atoms with van der Waals surface area (Å²) in [4.78, 5) is 35.2. The van der Waals surface area contributed by atoms with Crippen LogP contribution >= 0.6 is 7.82 Å². The van der Waals surface area contributed by atoms with Crippen LogP contribution < -0.4 is 0 Å². The average Bonchev–Trinajstić information content (AvgIpc) is 3.49. The summed E-state index contributed by atoms with van der Waals surface area (Å²) in [7, 11) is -4.68. The van der Waals surface area contributed by atoms with Crippen LogP contribution in [-0.4, -0.2) is 99.3 Å². The molecule has 14 heteroatoms. The van der Waals surface area contributed by atoms with Crippen LogP contribution in [0, 0.1) is 11.8 Å². The highest BCUT2D eigenvalue weighted by Crippen LogP contribution is 2.43. The number of unbranched alkanes of at least 4 members (excludes halogenated alkanes) is 13. The quantitative estimate of drug-likeness (QED) is 0.0149. The molecule has 8 atom stereocenters. The van der Waals surface area contributed by atoms with Gasteiger partial charge < -0.3 is 39.9 Å². The van der Waals surface area contributed by atoms with E-state index >= 15 is 0 Å². The fourth-order valence-electron chi connectivity index (χ4n) is 6.90. The number of ether oxygens (including phenoxy) is 2. The van der Waals surface area contributed by atoms with Gasteiger partial charge in [-0.15, -0.1) is 0 Å². The number of carbonyl (C=O) groups excluding carboxylic acids is 2. The van der Waals surface area contributed by atoms with Gasteiger partial charge in [0.05, 0.1) is 38.1 Å². The van der Waals surface area contributed by atoms with Crippen molar-refractivity contribution in [2.75, 3.05) is 26.4 Å². The maximum Gasteiger partial charge on any atom is 0.472 e. The molecular formula is C46H81O13P. The Bertz CT molecular complexity index is 1250. The molecule has 0 aromatic carbocycles. The van der Waals surface area contributed by atoms with Gasteiger partial charge in [-0.05, 0) is 70.1 Å². The first-order valence-electron chi connectivity index (χ1n) is 22.9. The van der Waals surface area contributed by atoms with Gasteiger partial charge in [0.15, 0.2) is 6.10 Å². The van der Waals surface area contributed by atoms with Gasteiger partial charge in [0.2, 0.25) is 0 Å². The number of hydrogen-bond acceptors (Lipinski definition) is 12. The maximum absolute atomic E-state index is 12.7. The molecule has 1 saturated carbocycles. The summed E-state index contributed by atoms with van der Waals surface area (Å²) >= 11 is 0. The zero-order valence-corrected chi connectivity index (χ0v) is 37.6. The molecule has 0 aromatic rings. The fraction of sp³-hybridized carbons (Fsp3) is 0.783. The van der Waals surface area contributed by atoms with Crippen LogP contribution in [-0.2, 0) is 32.7 Å². The van der Waals surface area contributed by atoms with Crippen molar-refractivity contribution in [3.8, 4) is 0 Å². The van der Waals surface area contributed by atoms with Crippen molar-refractivity contribution in [1.82, 2.24) is 0 Å². The number of rotatable bonds is 38. The standard InChI is InChI=1S/C46H81O13P/c1-3-5-7-8-9-10-11-12-13-14-15-16-17-18-19-20-26-30-46(53)59-40(37-58-60(54,55)57-35-39(49)34-47)36-56-45(52)29-25-22-21-24-28-41-42(44(51)33-43(41)50)32-31-38(48)27-23-6-4-2/h9-10,12-13,21,24,31-32,38-44,47-51H,3-8,11,14-20,22-23,25-30,33-37H2,1-2H3,(H,54,55)/b10-9-,13-12-,24-21+,32-31+/t38-,39-,40+,41+,42+,43-,44+/m0/s1. The second kappa shape index (κ2) is 36.3. The van der Waals surface area contributed by atoms with Gasteiger partial charge in [-0.2, -0.15) is 0 Å². The lowest BCUT2D eigenvalue weighted by Gasteiger charge is -2.20. The predicted octanol–water partition coefficient (Wildman–Crippen LogP) is 8.49. The van der Waals surface area contributed by atoms with E-state index in [1.807, 2.05) is 18.2 Å². The number of carbonyl (C=O) groups is 2. The van der Waals surface area contributed by atoms with E-state index in [2.05, 4.69) is 42.7 Å². The first-order valence-corrected chi connectivity index (χ1v) is 24.3. The van der Waals surface area contributed by atoms with Crippen LogP contribution in [0.3, 0.4) is 0 Å². The van der Waals surface area contributed by atoms with Crippen molar-refractivity contribution in [2.24, 2.45) is 11.8 Å². The smallest absolute Gasteiger partial charge is 0.462 e. The van der Waals surface area contributed by atoms with E-state index in [0.29, 0.717) is 32.1 Å². The molecule has 60 heavy (non-hydrogen) atoms. The third kappa shape index (κ3) is 30.0. The van der Waals surface area contributed by atoms with Gasteiger partial charge in [0, 0.05) is 25.2 Å². The summed E-state index contributed by atoms with van der Waals surface area (Å²) in [6.07, 6.45) is 31.6. The topological polar surface area (TPSA) is 210 Å². The maximum atomic E-state index is 12.7. The number of aliphatic hydroxyl groups is 5. The molecule has 0 spiro atoms. The molecule has 0 amide bonds.